The van der Waals surface area contributed by atoms with Gasteiger partial charge in [-0.1, -0.05) is 22.0 Å². The number of ether oxygens (including phenoxy) is 1. The molecule has 0 heterocycles. The predicted octanol–water partition coefficient (Wildman–Crippen LogP) is 2.08. The number of hydrogen-bond donors (Lipinski definition) is 3. The van der Waals surface area contributed by atoms with Crippen molar-refractivity contribution >= 4 is 27.9 Å². The molecule has 1 aromatic carbocycles. The van der Waals surface area contributed by atoms with Crippen molar-refractivity contribution in [3.8, 4) is 5.75 Å². The number of urea groups is 1. The zero-order valence-corrected chi connectivity index (χ0v) is 13.9. The molecule has 0 aliphatic heterocycles. The van der Waals surface area contributed by atoms with Gasteiger partial charge in [0.1, 0.15) is 5.75 Å². The van der Waals surface area contributed by atoms with Crippen molar-refractivity contribution in [2.45, 2.75) is 32.9 Å². The summed E-state index contributed by atoms with van der Waals surface area (Å²) in [6.07, 6.45) is -0.820. The van der Waals surface area contributed by atoms with Crippen LogP contribution in [0.25, 0.3) is 0 Å². The maximum absolute atomic E-state index is 11.9. The van der Waals surface area contributed by atoms with Crippen molar-refractivity contribution < 1.29 is 14.3 Å². The molecule has 0 fully saturated rings. The Morgan fingerprint density at radius 2 is 2.05 bits per heavy atom. The second kappa shape index (κ2) is 7.99. The molecule has 1 rings (SSSR count). The molecule has 0 bridgehead atoms. The fourth-order valence-electron chi connectivity index (χ4n) is 1.65. The fraction of sp³-hybridized carbons (Fsp3) is 0.429. The minimum atomic E-state index is -0.820. The first-order valence-corrected chi connectivity index (χ1v) is 7.44. The highest BCUT2D eigenvalue weighted by Gasteiger charge is 2.19. The number of carbonyl (C=O) groups excluding carboxylic acids is 2. The lowest BCUT2D eigenvalue weighted by Gasteiger charge is -2.18. The number of nitrogens with one attached hydrogen (secondary N) is 2. The third-order valence-corrected chi connectivity index (χ3v) is 3.21. The Labute approximate surface area is 132 Å². The average molecular weight is 358 g/mol. The highest BCUT2D eigenvalue weighted by Crippen LogP contribution is 2.28. The van der Waals surface area contributed by atoms with E-state index in [2.05, 4.69) is 26.6 Å². The molecule has 0 radical (unpaired) electrons. The topological polar surface area (TPSA) is 93.5 Å². The van der Waals surface area contributed by atoms with Gasteiger partial charge in [-0.05, 0) is 32.9 Å². The van der Waals surface area contributed by atoms with E-state index in [-0.39, 0.29) is 6.04 Å². The van der Waals surface area contributed by atoms with Crippen LogP contribution in [-0.4, -0.2) is 24.6 Å². The summed E-state index contributed by atoms with van der Waals surface area (Å²) in [4.78, 5) is 23.2. The lowest BCUT2D eigenvalue weighted by Crippen LogP contribution is -2.45. The normalized spacial score (nSPS) is 13.2. The van der Waals surface area contributed by atoms with E-state index in [4.69, 9.17) is 10.5 Å². The van der Waals surface area contributed by atoms with Crippen molar-refractivity contribution in [3.63, 3.8) is 0 Å². The SMILES string of the molecule is CCNC(=O)NC(=O)C(C)Oc1cc(Br)ccc1[C@H](C)N. The molecule has 4 N–H and O–H groups in total. The molecule has 0 saturated heterocycles. The quantitative estimate of drug-likeness (QED) is 0.751. The van der Waals surface area contributed by atoms with E-state index < -0.39 is 18.0 Å². The first-order chi connectivity index (χ1) is 9.85. The smallest absolute Gasteiger partial charge is 0.321 e. The van der Waals surface area contributed by atoms with E-state index in [0.717, 1.165) is 10.0 Å². The average Bonchev–Trinajstić information content (AvgIpc) is 2.38. The Morgan fingerprint density at radius 1 is 1.38 bits per heavy atom. The van der Waals surface area contributed by atoms with Gasteiger partial charge in [0.05, 0.1) is 0 Å². The number of amides is 3. The number of hydrogen-bond acceptors (Lipinski definition) is 4. The number of carbonyl (C=O) groups is 2. The van der Waals surface area contributed by atoms with Crippen LogP contribution >= 0.6 is 15.9 Å². The van der Waals surface area contributed by atoms with Gasteiger partial charge in [0.2, 0.25) is 0 Å². The minimum absolute atomic E-state index is 0.230. The highest BCUT2D eigenvalue weighted by molar-refractivity contribution is 9.10. The van der Waals surface area contributed by atoms with Gasteiger partial charge in [-0.25, -0.2) is 4.79 Å². The van der Waals surface area contributed by atoms with Crippen molar-refractivity contribution in [1.29, 1.82) is 0 Å². The molecule has 116 valence electrons. The Bertz CT molecular complexity index is 520. The van der Waals surface area contributed by atoms with Crippen LogP contribution in [0.3, 0.4) is 0 Å². The molecule has 0 saturated carbocycles. The summed E-state index contributed by atoms with van der Waals surface area (Å²) < 4.78 is 6.44. The van der Waals surface area contributed by atoms with Gasteiger partial charge in [0.15, 0.2) is 6.10 Å². The lowest BCUT2D eigenvalue weighted by atomic mass is 10.1. The maximum Gasteiger partial charge on any atom is 0.321 e. The van der Waals surface area contributed by atoms with Crippen LogP contribution < -0.4 is 21.1 Å². The number of halogens is 1. The zero-order valence-electron chi connectivity index (χ0n) is 12.3. The van der Waals surface area contributed by atoms with Crippen molar-refractivity contribution in [1.82, 2.24) is 10.6 Å². The van der Waals surface area contributed by atoms with E-state index in [1.54, 1.807) is 19.9 Å². The molecular weight excluding hydrogens is 338 g/mol. The summed E-state index contributed by atoms with van der Waals surface area (Å²) in [5.41, 5.74) is 6.66. The van der Waals surface area contributed by atoms with E-state index in [1.807, 2.05) is 19.1 Å². The van der Waals surface area contributed by atoms with Gasteiger partial charge < -0.3 is 15.8 Å². The molecule has 1 unspecified atom stereocenters. The predicted molar refractivity (Wildman–Crippen MR) is 84.0 cm³/mol. The van der Waals surface area contributed by atoms with E-state index in [0.29, 0.717) is 12.3 Å². The van der Waals surface area contributed by atoms with Crippen LogP contribution in [0.2, 0.25) is 0 Å². The van der Waals surface area contributed by atoms with Crippen molar-refractivity contribution in [2.24, 2.45) is 5.73 Å². The van der Waals surface area contributed by atoms with Crippen LogP contribution in [0.15, 0.2) is 22.7 Å². The number of rotatable bonds is 5. The molecule has 21 heavy (non-hydrogen) atoms. The van der Waals surface area contributed by atoms with Gasteiger partial charge >= 0.3 is 6.03 Å². The van der Waals surface area contributed by atoms with Crippen LogP contribution in [0, 0.1) is 0 Å². The summed E-state index contributed by atoms with van der Waals surface area (Å²) in [6, 6.07) is 4.66. The molecule has 0 aliphatic rings. The van der Waals surface area contributed by atoms with Crippen molar-refractivity contribution in [3.05, 3.63) is 28.2 Å². The highest BCUT2D eigenvalue weighted by atomic mass is 79.9. The van der Waals surface area contributed by atoms with E-state index >= 15 is 0 Å². The molecule has 1 aromatic rings. The monoisotopic (exact) mass is 357 g/mol. The summed E-state index contributed by atoms with van der Waals surface area (Å²) in [5.74, 6) is -0.00512. The zero-order chi connectivity index (χ0) is 16.0. The fourth-order valence-corrected chi connectivity index (χ4v) is 1.99. The number of nitrogens with two attached hydrogens (primary N) is 1. The number of imide groups is 1. The van der Waals surface area contributed by atoms with Crippen LogP contribution in [-0.2, 0) is 4.79 Å². The molecule has 0 aromatic heterocycles. The Hall–Kier alpha value is -1.60. The Kier molecular flexibility index (Phi) is 6.64. The van der Waals surface area contributed by atoms with E-state index in [9.17, 15) is 9.59 Å². The summed E-state index contributed by atoms with van der Waals surface area (Å²) in [6.45, 7) is 5.60. The molecule has 0 spiro atoms. The minimum Gasteiger partial charge on any atom is -0.480 e. The summed E-state index contributed by atoms with van der Waals surface area (Å²) in [5, 5.41) is 4.69. The summed E-state index contributed by atoms with van der Waals surface area (Å²) in [7, 11) is 0. The van der Waals surface area contributed by atoms with Gasteiger partial charge in [0, 0.05) is 22.6 Å². The molecule has 3 amide bonds. The molecule has 7 heteroatoms. The standard InChI is InChI=1S/C14H20BrN3O3/c1-4-17-14(20)18-13(19)9(3)21-12-7-10(15)5-6-11(12)8(2)16/h5-9H,4,16H2,1-3H3,(H2,17,18,19,20)/t8-,9?/m0/s1. The van der Waals surface area contributed by atoms with Crippen LogP contribution in [0.5, 0.6) is 5.75 Å². The van der Waals surface area contributed by atoms with Gasteiger partial charge in [-0.3, -0.25) is 10.1 Å². The van der Waals surface area contributed by atoms with Crippen LogP contribution in [0.1, 0.15) is 32.4 Å². The van der Waals surface area contributed by atoms with E-state index in [1.165, 1.54) is 0 Å². The first-order valence-electron chi connectivity index (χ1n) is 6.65. The van der Waals surface area contributed by atoms with Crippen molar-refractivity contribution in [2.75, 3.05) is 6.54 Å². The number of benzene rings is 1. The third kappa shape index (κ3) is 5.35. The molecule has 6 nitrogen and oxygen atoms in total. The van der Waals surface area contributed by atoms with Gasteiger partial charge in [0.25, 0.3) is 5.91 Å². The second-order valence-electron chi connectivity index (χ2n) is 4.58. The van der Waals surface area contributed by atoms with Gasteiger partial charge in [-0.15, -0.1) is 0 Å². The molecule has 0 aliphatic carbocycles. The first kappa shape index (κ1) is 17.5. The second-order valence-corrected chi connectivity index (χ2v) is 5.50. The molecule has 2 atom stereocenters. The lowest BCUT2D eigenvalue weighted by molar-refractivity contribution is -0.126. The Morgan fingerprint density at radius 3 is 2.62 bits per heavy atom. The van der Waals surface area contributed by atoms with Crippen LogP contribution in [0.4, 0.5) is 4.79 Å². The Balaban J connectivity index is 2.78. The summed E-state index contributed by atoms with van der Waals surface area (Å²) >= 11 is 3.35. The molecular formula is C14H20BrN3O3. The maximum atomic E-state index is 11.9. The third-order valence-electron chi connectivity index (χ3n) is 2.71. The van der Waals surface area contributed by atoms with Gasteiger partial charge in [-0.2, -0.15) is 0 Å². The largest absolute Gasteiger partial charge is 0.480 e.